The normalized spacial score (nSPS) is 10.9. The molecule has 0 aromatic heterocycles. The average Bonchev–Trinajstić information content (AvgIpc) is 2.68. The third kappa shape index (κ3) is 4.17. The Hall–Kier alpha value is -2.84. The van der Waals surface area contributed by atoms with Gasteiger partial charge in [-0.1, -0.05) is 78.9 Å². The van der Waals surface area contributed by atoms with Gasteiger partial charge in [0.15, 0.2) is 7.14 Å². The molecule has 5 heteroatoms. The number of urea groups is 1. The van der Waals surface area contributed by atoms with Crippen molar-refractivity contribution in [1.29, 1.82) is 0 Å². The van der Waals surface area contributed by atoms with Crippen molar-refractivity contribution < 1.29 is 9.36 Å². The molecule has 0 fully saturated rings. The van der Waals surface area contributed by atoms with E-state index in [1.165, 1.54) is 0 Å². The lowest BCUT2D eigenvalue weighted by molar-refractivity contribution is 0.253. The number of hydrogen-bond acceptors (Lipinski definition) is 2. The summed E-state index contributed by atoms with van der Waals surface area (Å²) >= 11 is 0. The maximum Gasteiger partial charge on any atom is 0.319 e. The Morgan fingerprint density at radius 3 is 1.64 bits per heavy atom. The van der Waals surface area contributed by atoms with Gasteiger partial charge in [0, 0.05) is 16.3 Å². The van der Waals surface area contributed by atoms with Crippen LogP contribution in [0.1, 0.15) is 0 Å². The van der Waals surface area contributed by atoms with Crippen molar-refractivity contribution in [2.24, 2.45) is 0 Å². The molecule has 0 aliphatic carbocycles. The summed E-state index contributed by atoms with van der Waals surface area (Å²) in [6.45, 7) is 0. The van der Waals surface area contributed by atoms with E-state index in [4.69, 9.17) is 0 Å². The van der Waals surface area contributed by atoms with Gasteiger partial charge in [0.05, 0.1) is 6.29 Å². The van der Waals surface area contributed by atoms with Crippen molar-refractivity contribution in [3.63, 3.8) is 0 Å². The van der Waals surface area contributed by atoms with Crippen LogP contribution < -0.4 is 21.2 Å². The predicted molar refractivity (Wildman–Crippen MR) is 103 cm³/mol. The van der Waals surface area contributed by atoms with Gasteiger partial charge < -0.3 is 15.2 Å². The lowest BCUT2D eigenvalue weighted by Crippen LogP contribution is -2.33. The molecule has 0 unspecified atom stereocenters. The summed E-state index contributed by atoms with van der Waals surface area (Å²) in [5.41, 5.74) is 0.689. The molecule has 3 aromatic carbocycles. The molecule has 0 spiro atoms. The second kappa shape index (κ2) is 7.82. The first-order chi connectivity index (χ1) is 12.2. The van der Waals surface area contributed by atoms with Crippen molar-refractivity contribution in [2.75, 3.05) is 11.6 Å². The van der Waals surface area contributed by atoms with Gasteiger partial charge in [-0.2, -0.15) is 0 Å². The number of amides is 2. The first-order valence-electron chi connectivity index (χ1n) is 7.99. The number of carbonyl (C=O) groups excluding carboxylic acids is 1. The first-order valence-corrected chi connectivity index (χ1v) is 9.88. The van der Waals surface area contributed by atoms with Gasteiger partial charge in [-0.25, -0.2) is 4.79 Å². The fraction of sp³-hybridized carbons (Fsp3) is 0.0500. The molecule has 0 heterocycles. The van der Waals surface area contributed by atoms with E-state index < -0.39 is 7.14 Å². The molecule has 126 valence electrons. The van der Waals surface area contributed by atoms with Gasteiger partial charge in [-0.05, 0) is 12.1 Å². The number of hydrogen-bond donors (Lipinski definition) is 2. The lowest BCUT2D eigenvalue weighted by Gasteiger charge is -2.20. The monoisotopic (exact) mass is 350 g/mol. The van der Waals surface area contributed by atoms with E-state index in [9.17, 15) is 9.36 Å². The van der Waals surface area contributed by atoms with E-state index in [0.29, 0.717) is 5.69 Å². The minimum absolute atomic E-state index is 0.0553. The summed E-state index contributed by atoms with van der Waals surface area (Å²) in [6, 6.07) is 27.3. The summed E-state index contributed by atoms with van der Waals surface area (Å²) in [7, 11) is -2.95. The zero-order valence-electron chi connectivity index (χ0n) is 13.6. The Balaban J connectivity index is 1.79. The molecule has 2 N–H and O–H groups in total. The third-order valence-corrected chi connectivity index (χ3v) is 6.71. The minimum atomic E-state index is -2.95. The summed E-state index contributed by atoms with van der Waals surface area (Å²) in [5, 5.41) is 6.95. The molecule has 25 heavy (non-hydrogen) atoms. The largest absolute Gasteiger partial charge is 0.330 e. The van der Waals surface area contributed by atoms with Gasteiger partial charge in [0.2, 0.25) is 0 Å². The molecule has 0 bridgehead atoms. The molecule has 0 saturated heterocycles. The number of nitrogens with one attached hydrogen (secondary N) is 2. The van der Waals surface area contributed by atoms with Gasteiger partial charge in [0.25, 0.3) is 0 Å². The molecule has 0 aliphatic heterocycles. The fourth-order valence-electron chi connectivity index (χ4n) is 2.55. The summed E-state index contributed by atoms with van der Waals surface area (Å²) in [4.78, 5) is 12.2. The predicted octanol–water partition coefficient (Wildman–Crippen LogP) is 3.78. The smallest absolute Gasteiger partial charge is 0.319 e. The second-order valence-corrected chi connectivity index (χ2v) is 8.39. The van der Waals surface area contributed by atoms with Crippen molar-refractivity contribution in [2.45, 2.75) is 0 Å². The summed E-state index contributed by atoms with van der Waals surface area (Å²) in [6.07, 6.45) is 0.0553. The Morgan fingerprint density at radius 2 is 1.16 bits per heavy atom. The number of anilines is 1. The SMILES string of the molecule is O=C(NCP(=O)(c1ccccc1)c1ccccc1)Nc1ccccc1. The second-order valence-electron chi connectivity index (χ2n) is 5.57. The molecule has 4 nitrogen and oxygen atoms in total. The van der Waals surface area contributed by atoms with Gasteiger partial charge >= 0.3 is 6.03 Å². The van der Waals surface area contributed by atoms with Crippen LogP contribution in [0.2, 0.25) is 0 Å². The average molecular weight is 350 g/mol. The molecule has 2 amide bonds. The lowest BCUT2D eigenvalue weighted by atomic mass is 10.3. The van der Waals surface area contributed by atoms with Crippen molar-refractivity contribution >= 4 is 29.5 Å². The number of benzene rings is 3. The molecular formula is C20H19N2O2P. The summed E-state index contributed by atoms with van der Waals surface area (Å²) in [5.74, 6) is 0. The Labute approximate surface area is 147 Å². The molecule has 0 saturated carbocycles. The van der Waals surface area contributed by atoms with Crippen LogP contribution in [0.4, 0.5) is 10.5 Å². The Kier molecular flexibility index (Phi) is 5.32. The van der Waals surface area contributed by atoms with E-state index in [0.717, 1.165) is 10.6 Å². The van der Waals surface area contributed by atoms with Crippen molar-refractivity contribution in [3.05, 3.63) is 91.0 Å². The first kappa shape index (κ1) is 17.0. The topological polar surface area (TPSA) is 58.2 Å². The van der Waals surface area contributed by atoms with Gasteiger partial charge in [-0.3, -0.25) is 0 Å². The van der Waals surface area contributed by atoms with Crippen LogP contribution in [0.25, 0.3) is 0 Å². The third-order valence-electron chi connectivity index (χ3n) is 3.84. The molecular weight excluding hydrogens is 331 g/mol. The number of carbonyl (C=O) groups is 1. The minimum Gasteiger partial charge on any atom is -0.330 e. The van der Waals surface area contributed by atoms with Gasteiger partial charge in [-0.15, -0.1) is 0 Å². The highest BCUT2D eigenvalue weighted by atomic mass is 31.2. The highest BCUT2D eigenvalue weighted by Crippen LogP contribution is 2.41. The highest BCUT2D eigenvalue weighted by Gasteiger charge is 2.27. The zero-order chi connectivity index (χ0) is 17.5. The Morgan fingerprint density at radius 1 is 0.720 bits per heavy atom. The van der Waals surface area contributed by atoms with Crippen LogP contribution in [-0.2, 0) is 4.57 Å². The van der Waals surface area contributed by atoms with E-state index in [1.807, 2.05) is 78.9 Å². The van der Waals surface area contributed by atoms with Crippen LogP contribution in [-0.4, -0.2) is 12.3 Å². The van der Waals surface area contributed by atoms with Crippen LogP contribution >= 0.6 is 7.14 Å². The molecule has 0 aliphatic rings. The molecule has 3 rings (SSSR count). The highest BCUT2D eigenvalue weighted by molar-refractivity contribution is 7.78. The van der Waals surface area contributed by atoms with Crippen LogP contribution in [0, 0.1) is 0 Å². The van der Waals surface area contributed by atoms with Crippen LogP contribution in [0.3, 0.4) is 0 Å². The fourth-order valence-corrected chi connectivity index (χ4v) is 4.89. The maximum absolute atomic E-state index is 13.7. The number of rotatable bonds is 5. The zero-order valence-corrected chi connectivity index (χ0v) is 14.5. The molecule has 3 aromatic rings. The quantitative estimate of drug-likeness (QED) is 0.688. The van der Waals surface area contributed by atoms with Crippen LogP contribution in [0.15, 0.2) is 91.0 Å². The van der Waals surface area contributed by atoms with Crippen molar-refractivity contribution in [3.8, 4) is 0 Å². The van der Waals surface area contributed by atoms with Crippen molar-refractivity contribution in [1.82, 2.24) is 5.32 Å². The van der Waals surface area contributed by atoms with E-state index >= 15 is 0 Å². The van der Waals surface area contributed by atoms with Gasteiger partial charge in [0.1, 0.15) is 0 Å². The molecule has 0 atom stereocenters. The summed E-state index contributed by atoms with van der Waals surface area (Å²) < 4.78 is 13.7. The van der Waals surface area contributed by atoms with E-state index in [2.05, 4.69) is 10.6 Å². The van der Waals surface area contributed by atoms with E-state index in [1.54, 1.807) is 12.1 Å². The maximum atomic E-state index is 13.7. The standard InChI is InChI=1S/C20H19N2O2P/c23-20(22-17-10-4-1-5-11-17)21-16-25(24,18-12-6-2-7-13-18)19-14-8-3-9-15-19/h1-15H,16H2,(H2,21,22,23). The Bertz CT molecular complexity index is 824. The van der Waals surface area contributed by atoms with Crippen LogP contribution in [0.5, 0.6) is 0 Å². The van der Waals surface area contributed by atoms with E-state index in [-0.39, 0.29) is 12.3 Å². The number of para-hydroxylation sites is 1. The molecule has 0 radical (unpaired) electrons.